The van der Waals surface area contributed by atoms with Gasteiger partial charge in [0.15, 0.2) is 0 Å². The second-order valence-electron chi connectivity index (χ2n) is 7.22. The zero-order valence-corrected chi connectivity index (χ0v) is 16.1. The van der Waals surface area contributed by atoms with Gasteiger partial charge in [-0.15, -0.1) is 0 Å². The van der Waals surface area contributed by atoms with Crippen LogP contribution < -0.4 is 10.9 Å². The Balaban J connectivity index is 2.37. The van der Waals surface area contributed by atoms with E-state index in [9.17, 15) is 4.79 Å². The number of anilines is 1. The molecule has 0 saturated carbocycles. The predicted octanol–water partition coefficient (Wildman–Crippen LogP) is 3.68. The number of fused-ring (bicyclic) bond motifs is 1. The van der Waals surface area contributed by atoms with Crippen LogP contribution in [0.4, 0.5) is 5.95 Å². The Morgan fingerprint density at radius 1 is 1.08 bits per heavy atom. The van der Waals surface area contributed by atoms with Crippen molar-refractivity contribution in [1.82, 2.24) is 14.1 Å². The lowest BCUT2D eigenvalue weighted by Gasteiger charge is -2.14. The van der Waals surface area contributed by atoms with E-state index in [4.69, 9.17) is 4.98 Å². The highest BCUT2D eigenvalue weighted by Crippen LogP contribution is 2.33. The van der Waals surface area contributed by atoms with Crippen LogP contribution in [-0.4, -0.2) is 20.2 Å². The second kappa shape index (κ2) is 6.06. The Morgan fingerprint density at radius 2 is 1.68 bits per heavy atom. The molecule has 0 bridgehead atoms. The minimum Gasteiger partial charge on any atom is -0.353 e. The van der Waals surface area contributed by atoms with E-state index in [1.54, 1.807) is 11.6 Å². The topological polar surface area (TPSA) is 51.9 Å². The first-order valence-corrected chi connectivity index (χ1v) is 8.61. The first-order chi connectivity index (χ1) is 11.7. The van der Waals surface area contributed by atoms with Gasteiger partial charge in [-0.05, 0) is 51.3 Å². The number of hydrogen-bond donors (Lipinski definition) is 1. The lowest BCUT2D eigenvalue weighted by Crippen LogP contribution is -2.25. The number of aryl methyl sites for hydroxylation is 4. The Morgan fingerprint density at radius 3 is 2.24 bits per heavy atom. The molecule has 3 aromatic rings. The predicted molar refractivity (Wildman–Crippen MR) is 104 cm³/mol. The summed E-state index contributed by atoms with van der Waals surface area (Å²) in [4.78, 5) is 17.8. The SMILES string of the molecule is Cc1cc(C)c(-c2cn(C)c3nc(NC(C)C)n(C)c(=O)c23)c(C)c1. The number of hydrogen-bond acceptors (Lipinski definition) is 3. The monoisotopic (exact) mass is 338 g/mol. The molecular formula is C20H26N4O. The molecule has 0 aliphatic carbocycles. The molecule has 0 radical (unpaired) electrons. The van der Waals surface area contributed by atoms with Crippen molar-refractivity contribution < 1.29 is 0 Å². The van der Waals surface area contributed by atoms with Gasteiger partial charge in [-0.3, -0.25) is 9.36 Å². The standard InChI is InChI=1S/C20H26N4O/c1-11(2)21-20-22-18-17(19(25)24(20)7)15(10-23(18)6)16-13(4)8-12(3)9-14(16)5/h8-11H,1-7H3,(H,21,22). The highest BCUT2D eigenvalue weighted by Gasteiger charge is 2.19. The Kier molecular flexibility index (Phi) is 4.19. The summed E-state index contributed by atoms with van der Waals surface area (Å²) in [7, 11) is 3.71. The van der Waals surface area contributed by atoms with Crippen LogP contribution in [0.1, 0.15) is 30.5 Å². The fourth-order valence-electron chi connectivity index (χ4n) is 3.58. The number of nitrogens with one attached hydrogen (secondary N) is 1. The number of nitrogens with zero attached hydrogens (tertiary/aromatic N) is 3. The zero-order chi connectivity index (χ0) is 18.5. The molecule has 25 heavy (non-hydrogen) atoms. The molecule has 2 aromatic heterocycles. The maximum atomic E-state index is 13.1. The molecule has 0 atom stereocenters. The molecule has 0 aliphatic rings. The summed E-state index contributed by atoms with van der Waals surface area (Å²) in [5.41, 5.74) is 6.35. The average Bonchev–Trinajstić information content (AvgIpc) is 2.80. The Hall–Kier alpha value is -2.56. The van der Waals surface area contributed by atoms with E-state index in [1.807, 2.05) is 31.7 Å². The van der Waals surface area contributed by atoms with E-state index < -0.39 is 0 Å². The summed E-state index contributed by atoms with van der Waals surface area (Å²) in [6, 6.07) is 4.53. The van der Waals surface area contributed by atoms with Gasteiger partial charge in [0.1, 0.15) is 5.65 Å². The number of aromatic nitrogens is 3. The van der Waals surface area contributed by atoms with Crippen LogP contribution in [0, 0.1) is 20.8 Å². The Bertz CT molecular complexity index is 1000. The van der Waals surface area contributed by atoms with E-state index in [1.165, 1.54) is 16.7 Å². The summed E-state index contributed by atoms with van der Waals surface area (Å²) in [6.45, 7) is 10.4. The number of rotatable bonds is 3. The van der Waals surface area contributed by atoms with Crippen LogP contribution in [0.2, 0.25) is 0 Å². The van der Waals surface area contributed by atoms with Gasteiger partial charge in [0.25, 0.3) is 5.56 Å². The van der Waals surface area contributed by atoms with Crippen LogP contribution in [0.15, 0.2) is 23.1 Å². The Labute approximate surface area is 148 Å². The van der Waals surface area contributed by atoms with Crippen LogP contribution in [0.25, 0.3) is 22.2 Å². The average molecular weight is 338 g/mol. The minimum absolute atomic E-state index is 0.0249. The molecule has 2 heterocycles. The van der Waals surface area contributed by atoms with Gasteiger partial charge in [-0.2, -0.15) is 4.98 Å². The van der Waals surface area contributed by atoms with E-state index in [-0.39, 0.29) is 11.6 Å². The van der Waals surface area contributed by atoms with E-state index >= 15 is 0 Å². The summed E-state index contributed by atoms with van der Waals surface area (Å²) < 4.78 is 3.54. The zero-order valence-electron chi connectivity index (χ0n) is 16.1. The summed E-state index contributed by atoms with van der Waals surface area (Å²) >= 11 is 0. The maximum Gasteiger partial charge on any atom is 0.264 e. The van der Waals surface area contributed by atoms with Gasteiger partial charge < -0.3 is 9.88 Å². The summed E-state index contributed by atoms with van der Waals surface area (Å²) in [6.07, 6.45) is 2.02. The molecule has 132 valence electrons. The normalized spacial score (nSPS) is 11.5. The fourth-order valence-corrected chi connectivity index (χ4v) is 3.58. The van der Waals surface area contributed by atoms with Crippen LogP contribution in [-0.2, 0) is 14.1 Å². The molecule has 0 saturated heterocycles. The second-order valence-corrected chi connectivity index (χ2v) is 7.22. The van der Waals surface area contributed by atoms with Gasteiger partial charge in [0.2, 0.25) is 5.95 Å². The molecule has 0 unspecified atom stereocenters. The highest BCUT2D eigenvalue weighted by atomic mass is 16.1. The van der Waals surface area contributed by atoms with Crippen molar-refractivity contribution >= 4 is 17.0 Å². The quantitative estimate of drug-likeness (QED) is 0.792. The summed E-state index contributed by atoms with van der Waals surface area (Å²) in [5, 5.41) is 3.93. The fraction of sp³-hybridized carbons (Fsp3) is 0.400. The first kappa shape index (κ1) is 17.3. The summed E-state index contributed by atoms with van der Waals surface area (Å²) in [5.74, 6) is 0.595. The van der Waals surface area contributed by atoms with Crippen molar-refractivity contribution in [3.63, 3.8) is 0 Å². The molecule has 0 spiro atoms. The van der Waals surface area contributed by atoms with E-state index in [0.717, 1.165) is 11.1 Å². The van der Waals surface area contributed by atoms with Crippen LogP contribution in [0.3, 0.4) is 0 Å². The molecule has 3 rings (SSSR count). The van der Waals surface area contributed by atoms with Gasteiger partial charge in [-0.1, -0.05) is 17.7 Å². The first-order valence-electron chi connectivity index (χ1n) is 8.61. The molecule has 0 aliphatic heterocycles. The van der Waals surface area contributed by atoms with Crippen molar-refractivity contribution in [3.05, 3.63) is 45.4 Å². The maximum absolute atomic E-state index is 13.1. The number of benzene rings is 1. The van der Waals surface area contributed by atoms with Crippen LogP contribution >= 0.6 is 0 Å². The largest absolute Gasteiger partial charge is 0.353 e. The van der Waals surface area contributed by atoms with Crippen molar-refractivity contribution in [2.45, 2.75) is 40.7 Å². The third-order valence-electron chi connectivity index (χ3n) is 4.56. The molecule has 1 N–H and O–H groups in total. The molecule has 1 aromatic carbocycles. The van der Waals surface area contributed by atoms with Crippen molar-refractivity contribution in [2.75, 3.05) is 5.32 Å². The smallest absolute Gasteiger partial charge is 0.264 e. The minimum atomic E-state index is -0.0249. The lowest BCUT2D eigenvalue weighted by atomic mass is 9.94. The molecule has 0 amide bonds. The third-order valence-corrected chi connectivity index (χ3v) is 4.56. The molecule has 0 fully saturated rings. The van der Waals surface area contributed by atoms with Crippen molar-refractivity contribution in [2.24, 2.45) is 14.1 Å². The molecular weight excluding hydrogens is 312 g/mol. The van der Waals surface area contributed by atoms with Crippen molar-refractivity contribution in [3.8, 4) is 11.1 Å². The molecule has 5 heteroatoms. The van der Waals surface area contributed by atoms with E-state index in [0.29, 0.717) is 17.0 Å². The third kappa shape index (κ3) is 2.84. The van der Waals surface area contributed by atoms with Crippen LogP contribution in [0.5, 0.6) is 0 Å². The van der Waals surface area contributed by atoms with Gasteiger partial charge in [-0.25, -0.2) is 0 Å². The highest BCUT2D eigenvalue weighted by molar-refractivity contribution is 5.95. The van der Waals surface area contributed by atoms with Gasteiger partial charge in [0, 0.05) is 31.9 Å². The van der Waals surface area contributed by atoms with E-state index in [2.05, 4.69) is 38.2 Å². The van der Waals surface area contributed by atoms with Crippen molar-refractivity contribution in [1.29, 1.82) is 0 Å². The van der Waals surface area contributed by atoms with Gasteiger partial charge in [0.05, 0.1) is 5.39 Å². The molecule has 5 nitrogen and oxygen atoms in total. The van der Waals surface area contributed by atoms with Gasteiger partial charge >= 0.3 is 0 Å². The lowest BCUT2D eigenvalue weighted by molar-refractivity contribution is 0.792.